The number of hydrogen-bond donors (Lipinski definition) is 2. The lowest BCUT2D eigenvalue weighted by Crippen LogP contribution is -2.46. The first kappa shape index (κ1) is 15.8. The number of hydrogen-bond acceptors (Lipinski definition) is 3. The number of halogens is 1. The molecule has 0 aromatic heterocycles. The molecule has 2 rings (SSSR count). The van der Waals surface area contributed by atoms with Crippen LogP contribution >= 0.6 is 11.6 Å². The van der Waals surface area contributed by atoms with Gasteiger partial charge in [0.05, 0.1) is 5.60 Å². The van der Waals surface area contributed by atoms with E-state index in [0.29, 0.717) is 12.6 Å². The maximum Gasteiger partial charge on any atom is 0.0715 e. The molecule has 4 heteroatoms. The van der Waals surface area contributed by atoms with E-state index in [1.54, 1.807) is 0 Å². The minimum Gasteiger partial charge on any atom is -0.389 e. The van der Waals surface area contributed by atoms with Crippen molar-refractivity contribution in [2.45, 2.75) is 44.9 Å². The third kappa shape index (κ3) is 5.41. The summed E-state index contributed by atoms with van der Waals surface area (Å²) in [6, 6.07) is 8.63. The van der Waals surface area contributed by atoms with Crippen molar-refractivity contribution in [3.05, 3.63) is 34.9 Å². The number of piperidine rings is 1. The van der Waals surface area contributed by atoms with Gasteiger partial charge in [-0.1, -0.05) is 23.7 Å². The van der Waals surface area contributed by atoms with Crippen LogP contribution < -0.4 is 5.32 Å². The summed E-state index contributed by atoms with van der Waals surface area (Å²) in [6.07, 6.45) is 2.29. The van der Waals surface area contributed by atoms with Gasteiger partial charge in [0, 0.05) is 24.2 Å². The molecule has 1 aliphatic heterocycles. The molecule has 2 N–H and O–H groups in total. The van der Waals surface area contributed by atoms with Gasteiger partial charge in [-0.25, -0.2) is 0 Å². The van der Waals surface area contributed by atoms with Crippen LogP contribution in [0.4, 0.5) is 0 Å². The van der Waals surface area contributed by atoms with E-state index in [2.05, 4.69) is 22.3 Å². The molecule has 0 aliphatic carbocycles. The molecule has 1 fully saturated rings. The highest BCUT2D eigenvalue weighted by atomic mass is 35.5. The molecular formula is C16H25ClN2O. The van der Waals surface area contributed by atoms with Crippen LogP contribution in [0.3, 0.4) is 0 Å². The Balaban J connectivity index is 1.73. The Hall–Kier alpha value is -0.610. The minimum absolute atomic E-state index is 0.530. The quantitative estimate of drug-likeness (QED) is 0.877. The number of nitrogens with one attached hydrogen (secondary N) is 1. The van der Waals surface area contributed by atoms with E-state index in [-0.39, 0.29) is 0 Å². The van der Waals surface area contributed by atoms with Crippen LogP contribution in [-0.2, 0) is 6.54 Å². The number of aliphatic hydroxyl groups is 1. The lowest BCUT2D eigenvalue weighted by atomic mass is 10.0. The summed E-state index contributed by atoms with van der Waals surface area (Å²) >= 11 is 5.90. The molecule has 1 heterocycles. The van der Waals surface area contributed by atoms with Crippen LogP contribution in [0.15, 0.2) is 24.3 Å². The molecule has 0 amide bonds. The molecule has 0 spiro atoms. The summed E-state index contributed by atoms with van der Waals surface area (Å²) in [5.41, 5.74) is 0.692. The summed E-state index contributed by atoms with van der Waals surface area (Å²) in [4.78, 5) is 2.48. The summed E-state index contributed by atoms with van der Waals surface area (Å²) in [5.74, 6) is 0. The van der Waals surface area contributed by atoms with Gasteiger partial charge in [0.15, 0.2) is 0 Å². The SMILES string of the molecule is CC(C)(O)CNC1CCN(Cc2ccc(Cl)cc2)CC1. The second-order valence-electron chi connectivity index (χ2n) is 6.37. The average Bonchev–Trinajstić information content (AvgIpc) is 2.40. The lowest BCUT2D eigenvalue weighted by molar-refractivity contribution is 0.0714. The van der Waals surface area contributed by atoms with Crippen molar-refractivity contribution in [2.75, 3.05) is 19.6 Å². The van der Waals surface area contributed by atoms with Crippen molar-refractivity contribution in [3.63, 3.8) is 0 Å². The fraction of sp³-hybridized carbons (Fsp3) is 0.625. The van der Waals surface area contributed by atoms with Crippen LogP contribution in [0.2, 0.25) is 5.02 Å². The van der Waals surface area contributed by atoms with E-state index in [1.165, 1.54) is 5.56 Å². The van der Waals surface area contributed by atoms with E-state index in [9.17, 15) is 5.11 Å². The molecular weight excluding hydrogens is 272 g/mol. The molecule has 0 atom stereocenters. The molecule has 1 aromatic carbocycles. The molecule has 0 saturated carbocycles. The van der Waals surface area contributed by atoms with Crippen molar-refractivity contribution in [1.29, 1.82) is 0 Å². The van der Waals surface area contributed by atoms with E-state index < -0.39 is 5.60 Å². The second kappa shape index (κ2) is 6.90. The first-order valence-corrected chi connectivity index (χ1v) is 7.73. The molecule has 0 radical (unpaired) electrons. The molecule has 3 nitrogen and oxygen atoms in total. The van der Waals surface area contributed by atoms with Gasteiger partial charge in [-0.2, -0.15) is 0 Å². The minimum atomic E-state index is -0.625. The summed E-state index contributed by atoms with van der Waals surface area (Å²) < 4.78 is 0. The number of benzene rings is 1. The van der Waals surface area contributed by atoms with E-state index >= 15 is 0 Å². The monoisotopic (exact) mass is 296 g/mol. The van der Waals surface area contributed by atoms with Gasteiger partial charge in [-0.3, -0.25) is 4.90 Å². The van der Waals surface area contributed by atoms with E-state index in [1.807, 2.05) is 26.0 Å². The number of rotatable bonds is 5. The number of nitrogens with zero attached hydrogens (tertiary/aromatic N) is 1. The predicted octanol–water partition coefficient (Wildman–Crippen LogP) is 2.66. The van der Waals surface area contributed by atoms with Crippen molar-refractivity contribution in [1.82, 2.24) is 10.2 Å². The van der Waals surface area contributed by atoms with Crippen molar-refractivity contribution in [2.24, 2.45) is 0 Å². The standard InChI is InChI=1S/C16H25ClN2O/c1-16(2,20)12-18-15-7-9-19(10-8-15)11-13-3-5-14(17)6-4-13/h3-6,15,18,20H,7-12H2,1-2H3. The molecule has 1 aromatic rings. The molecule has 1 aliphatic rings. The van der Waals surface area contributed by atoms with Crippen LogP contribution in [0, 0.1) is 0 Å². The number of likely N-dealkylation sites (tertiary alicyclic amines) is 1. The highest BCUT2D eigenvalue weighted by Gasteiger charge is 2.21. The molecule has 1 saturated heterocycles. The smallest absolute Gasteiger partial charge is 0.0715 e. The Morgan fingerprint density at radius 3 is 2.40 bits per heavy atom. The van der Waals surface area contributed by atoms with Gasteiger partial charge in [-0.15, -0.1) is 0 Å². The molecule has 0 unspecified atom stereocenters. The third-order valence-electron chi connectivity index (χ3n) is 3.73. The van der Waals surface area contributed by atoms with Crippen LogP contribution in [0.25, 0.3) is 0 Å². The molecule has 112 valence electrons. The van der Waals surface area contributed by atoms with Gasteiger partial charge in [0.1, 0.15) is 0 Å². The Kier molecular flexibility index (Phi) is 5.44. The van der Waals surface area contributed by atoms with Crippen LogP contribution in [-0.4, -0.2) is 41.3 Å². The third-order valence-corrected chi connectivity index (χ3v) is 3.98. The van der Waals surface area contributed by atoms with Crippen molar-refractivity contribution in [3.8, 4) is 0 Å². The Bertz CT molecular complexity index is 405. The average molecular weight is 297 g/mol. The van der Waals surface area contributed by atoms with Gasteiger partial charge in [0.25, 0.3) is 0 Å². The first-order valence-electron chi connectivity index (χ1n) is 7.35. The normalized spacial score (nSPS) is 18.4. The summed E-state index contributed by atoms with van der Waals surface area (Å²) in [5, 5.41) is 14.0. The maximum atomic E-state index is 9.73. The highest BCUT2D eigenvalue weighted by Crippen LogP contribution is 2.16. The van der Waals surface area contributed by atoms with E-state index in [4.69, 9.17) is 11.6 Å². The van der Waals surface area contributed by atoms with Gasteiger partial charge in [0.2, 0.25) is 0 Å². The summed E-state index contributed by atoms with van der Waals surface area (Å²) in [7, 11) is 0. The fourth-order valence-corrected chi connectivity index (χ4v) is 2.66. The predicted molar refractivity (Wildman–Crippen MR) is 84.1 cm³/mol. The summed E-state index contributed by atoms with van der Waals surface area (Å²) in [6.45, 7) is 7.55. The Morgan fingerprint density at radius 1 is 1.25 bits per heavy atom. The van der Waals surface area contributed by atoms with Crippen LogP contribution in [0.5, 0.6) is 0 Å². The van der Waals surface area contributed by atoms with E-state index in [0.717, 1.165) is 37.5 Å². The highest BCUT2D eigenvalue weighted by molar-refractivity contribution is 6.30. The fourth-order valence-electron chi connectivity index (χ4n) is 2.54. The first-order chi connectivity index (χ1) is 9.42. The van der Waals surface area contributed by atoms with Gasteiger partial charge >= 0.3 is 0 Å². The van der Waals surface area contributed by atoms with Gasteiger partial charge in [-0.05, 0) is 57.5 Å². The zero-order valence-electron chi connectivity index (χ0n) is 12.4. The molecule has 20 heavy (non-hydrogen) atoms. The lowest BCUT2D eigenvalue weighted by Gasteiger charge is -2.33. The maximum absolute atomic E-state index is 9.73. The van der Waals surface area contributed by atoms with Crippen molar-refractivity contribution >= 4 is 11.6 Å². The van der Waals surface area contributed by atoms with Gasteiger partial charge < -0.3 is 10.4 Å². The Morgan fingerprint density at radius 2 is 1.85 bits per heavy atom. The van der Waals surface area contributed by atoms with Crippen LogP contribution in [0.1, 0.15) is 32.3 Å². The Labute approximate surface area is 126 Å². The molecule has 0 bridgehead atoms. The topological polar surface area (TPSA) is 35.5 Å². The second-order valence-corrected chi connectivity index (χ2v) is 6.81. The van der Waals surface area contributed by atoms with Crippen molar-refractivity contribution < 1.29 is 5.11 Å². The zero-order chi connectivity index (χ0) is 14.6. The zero-order valence-corrected chi connectivity index (χ0v) is 13.2. The largest absolute Gasteiger partial charge is 0.389 e.